The van der Waals surface area contributed by atoms with E-state index in [2.05, 4.69) is 32.1 Å². The van der Waals surface area contributed by atoms with Gasteiger partial charge in [-0.1, -0.05) is 17.7 Å². The second-order valence-corrected chi connectivity index (χ2v) is 11.2. The van der Waals surface area contributed by atoms with Gasteiger partial charge < -0.3 is 25.2 Å². The summed E-state index contributed by atoms with van der Waals surface area (Å²) in [5.41, 5.74) is 2.21. The molecular weight excluding hydrogens is 554 g/mol. The fourth-order valence-electron chi connectivity index (χ4n) is 6.67. The summed E-state index contributed by atoms with van der Waals surface area (Å²) in [6.07, 6.45) is 4.12. The summed E-state index contributed by atoms with van der Waals surface area (Å²) in [5, 5.41) is 13.2. The number of carboxylic acids is 1. The minimum absolute atomic E-state index is 0.0951. The molecule has 0 unspecified atom stereocenters. The van der Waals surface area contributed by atoms with E-state index < -0.39 is 28.7 Å². The summed E-state index contributed by atoms with van der Waals surface area (Å²) in [5.74, 6) is -2.93. The number of aromatic amines is 1. The molecule has 5 aromatic rings. The first-order valence-electron chi connectivity index (χ1n) is 13.2. The van der Waals surface area contributed by atoms with Crippen LogP contribution in [-0.4, -0.2) is 70.1 Å². The Morgan fingerprint density at radius 1 is 1.22 bits per heavy atom. The predicted molar refractivity (Wildman–Crippen MR) is 154 cm³/mol. The summed E-state index contributed by atoms with van der Waals surface area (Å²) in [6.45, 7) is 2.46. The molecule has 0 saturated carbocycles. The SMILES string of the molecule is CNc1cc(F)c(F)c2c1[nH]c1ncc(-c3ccc4c(Cl)cc(C(=O)O)c(=O)n4c3)c(N3CC[C@H]4CN(C)C[C@H]43)c12. The van der Waals surface area contributed by atoms with Crippen molar-refractivity contribution >= 4 is 56.4 Å². The zero-order valence-electron chi connectivity index (χ0n) is 22.1. The van der Waals surface area contributed by atoms with Crippen LogP contribution < -0.4 is 15.8 Å². The number of aromatic nitrogens is 3. The van der Waals surface area contributed by atoms with E-state index in [9.17, 15) is 19.1 Å². The zero-order chi connectivity index (χ0) is 28.7. The molecule has 0 bridgehead atoms. The van der Waals surface area contributed by atoms with Crippen LogP contribution in [0.15, 0.2) is 41.5 Å². The van der Waals surface area contributed by atoms with E-state index in [1.54, 1.807) is 25.4 Å². The molecular formula is C29H25ClF2N6O3. The fraction of sp³-hybridized carbons (Fsp3) is 0.276. The summed E-state index contributed by atoms with van der Waals surface area (Å²) in [4.78, 5) is 37.2. The Hall–Kier alpha value is -4.22. The molecule has 9 nitrogen and oxygen atoms in total. The van der Waals surface area contributed by atoms with Crippen LogP contribution in [-0.2, 0) is 0 Å². The molecule has 12 heteroatoms. The van der Waals surface area contributed by atoms with Gasteiger partial charge in [0.1, 0.15) is 11.2 Å². The van der Waals surface area contributed by atoms with Gasteiger partial charge >= 0.3 is 5.97 Å². The van der Waals surface area contributed by atoms with Gasteiger partial charge in [-0.05, 0) is 31.5 Å². The molecule has 0 aliphatic carbocycles. The molecule has 2 aliphatic rings. The van der Waals surface area contributed by atoms with Crippen LogP contribution in [0.2, 0.25) is 5.02 Å². The van der Waals surface area contributed by atoms with Gasteiger partial charge in [0, 0.05) is 62.3 Å². The normalized spacial score (nSPS) is 19.1. The smallest absolute Gasteiger partial charge is 0.341 e. The van der Waals surface area contributed by atoms with Crippen molar-refractivity contribution in [3.63, 3.8) is 0 Å². The number of H-pyrrole nitrogens is 1. The largest absolute Gasteiger partial charge is 0.477 e. The number of halogens is 3. The highest BCUT2D eigenvalue weighted by Crippen LogP contribution is 2.46. The molecule has 0 radical (unpaired) electrons. The molecule has 4 aromatic heterocycles. The van der Waals surface area contributed by atoms with Crippen molar-refractivity contribution in [2.24, 2.45) is 5.92 Å². The average Bonchev–Trinajstić information content (AvgIpc) is 3.64. The maximum Gasteiger partial charge on any atom is 0.341 e. The van der Waals surface area contributed by atoms with Crippen LogP contribution >= 0.6 is 11.6 Å². The van der Waals surface area contributed by atoms with Crippen molar-refractivity contribution in [2.75, 3.05) is 43.9 Å². The molecule has 2 atom stereocenters. The Morgan fingerprint density at radius 2 is 2.02 bits per heavy atom. The number of fused-ring (bicyclic) bond motifs is 5. The third-order valence-corrected chi connectivity index (χ3v) is 8.81. The van der Waals surface area contributed by atoms with Gasteiger partial charge in [0.15, 0.2) is 11.6 Å². The lowest BCUT2D eigenvalue weighted by Crippen LogP contribution is -2.35. The predicted octanol–water partition coefficient (Wildman–Crippen LogP) is 4.81. The average molecular weight is 579 g/mol. The molecule has 2 fully saturated rings. The summed E-state index contributed by atoms with van der Waals surface area (Å²) in [7, 11) is 3.71. The van der Waals surface area contributed by atoms with Crippen LogP contribution in [0.25, 0.3) is 38.6 Å². The number of pyridine rings is 3. The van der Waals surface area contributed by atoms with Gasteiger partial charge in [0.25, 0.3) is 5.56 Å². The van der Waals surface area contributed by atoms with Crippen molar-refractivity contribution in [3.05, 3.63) is 69.2 Å². The molecule has 0 spiro atoms. The van der Waals surface area contributed by atoms with E-state index >= 15 is 4.39 Å². The number of rotatable bonds is 4. The minimum atomic E-state index is -1.38. The first-order chi connectivity index (χ1) is 19.7. The Kier molecular flexibility index (Phi) is 5.74. The summed E-state index contributed by atoms with van der Waals surface area (Å²) < 4.78 is 31.7. The highest BCUT2D eigenvalue weighted by molar-refractivity contribution is 6.34. The van der Waals surface area contributed by atoms with Crippen molar-refractivity contribution in [1.82, 2.24) is 19.3 Å². The van der Waals surface area contributed by atoms with E-state index in [-0.39, 0.29) is 16.5 Å². The second kappa shape index (κ2) is 9.15. The van der Waals surface area contributed by atoms with Gasteiger partial charge in [-0.25, -0.2) is 18.6 Å². The van der Waals surface area contributed by atoms with Crippen molar-refractivity contribution < 1.29 is 18.7 Å². The molecule has 2 aliphatic heterocycles. The molecule has 41 heavy (non-hydrogen) atoms. The number of hydrogen-bond donors (Lipinski definition) is 3. The molecule has 2 saturated heterocycles. The van der Waals surface area contributed by atoms with Crippen molar-refractivity contribution in [3.8, 4) is 11.1 Å². The molecule has 210 valence electrons. The lowest BCUT2D eigenvalue weighted by Gasteiger charge is -2.29. The number of carbonyl (C=O) groups is 1. The van der Waals surface area contributed by atoms with E-state index in [1.165, 1.54) is 10.6 Å². The standard InChI is InChI=1S/C29H25ClF2N6O3/c1-33-19-8-18(31)24(32)22-23-26(37-6-5-14-10-36(2)12-21(14)37)16(9-34-27(23)35-25(19)22)13-3-4-20-17(30)7-15(29(40)41)28(39)38(20)11-13/h3-4,7-9,11,14,21,33H,5-6,10,12H2,1-2H3,(H,34,35)(H,40,41)/t14-,21+/m0/s1. The van der Waals surface area contributed by atoms with Gasteiger partial charge in [-0.2, -0.15) is 0 Å². The highest BCUT2D eigenvalue weighted by Gasteiger charge is 2.42. The Morgan fingerprint density at radius 3 is 2.78 bits per heavy atom. The van der Waals surface area contributed by atoms with Crippen LogP contribution in [0.3, 0.4) is 0 Å². The fourth-order valence-corrected chi connectivity index (χ4v) is 6.93. The monoisotopic (exact) mass is 578 g/mol. The number of likely N-dealkylation sites (tertiary alicyclic amines) is 1. The number of carboxylic acid groups (broad SMARTS) is 1. The maximum atomic E-state index is 15.6. The highest BCUT2D eigenvalue weighted by atomic mass is 35.5. The van der Waals surface area contributed by atoms with Crippen LogP contribution in [0, 0.1) is 17.6 Å². The van der Waals surface area contributed by atoms with Crippen LogP contribution in [0.5, 0.6) is 0 Å². The molecule has 7 rings (SSSR count). The first-order valence-corrected chi connectivity index (χ1v) is 13.6. The van der Waals surface area contributed by atoms with E-state index in [0.29, 0.717) is 57.0 Å². The second-order valence-electron chi connectivity index (χ2n) is 10.8. The number of anilines is 2. The summed E-state index contributed by atoms with van der Waals surface area (Å²) >= 11 is 6.34. The lowest BCUT2D eigenvalue weighted by molar-refractivity contribution is 0.0694. The summed E-state index contributed by atoms with van der Waals surface area (Å²) in [6, 6.07) is 5.82. The Balaban J connectivity index is 1.57. The van der Waals surface area contributed by atoms with Crippen LogP contribution in [0.1, 0.15) is 16.8 Å². The zero-order valence-corrected chi connectivity index (χ0v) is 22.9. The quantitative estimate of drug-likeness (QED) is 0.281. The number of likely N-dealkylation sites (N-methyl/N-ethyl adjacent to an activating group) is 1. The topological polar surface area (TPSA) is 106 Å². The number of nitrogens with one attached hydrogen (secondary N) is 2. The number of hydrogen-bond acceptors (Lipinski definition) is 6. The van der Waals surface area contributed by atoms with Gasteiger partial charge in [0.05, 0.1) is 38.2 Å². The van der Waals surface area contributed by atoms with Gasteiger partial charge in [-0.15, -0.1) is 0 Å². The number of benzene rings is 1. The number of aromatic carboxylic acids is 1. The third kappa shape index (κ3) is 3.72. The van der Waals surface area contributed by atoms with E-state index in [0.717, 1.165) is 31.6 Å². The molecule has 3 N–H and O–H groups in total. The van der Waals surface area contributed by atoms with E-state index in [1.807, 2.05) is 0 Å². The Labute approximate surface area is 237 Å². The third-order valence-electron chi connectivity index (χ3n) is 8.51. The maximum absolute atomic E-state index is 15.6. The van der Waals surface area contributed by atoms with E-state index in [4.69, 9.17) is 11.6 Å². The molecule has 6 heterocycles. The number of nitrogens with zero attached hydrogens (tertiary/aromatic N) is 4. The Bertz CT molecular complexity index is 1990. The van der Waals surface area contributed by atoms with Gasteiger partial charge in [0.2, 0.25) is 0 Å². The first kappa shape index (κ1) is 25.7. The van der Waals surface area contributed by atoms with Crippen molar-refractivity contribution in [2.45, 2.75) is 12.5 Å². The van der Waals surface area contributed by atoms with Gasteiger partial charge in [-0.3, -0.25) is 9.20 Å². The molecule has 0 amide bonds. The van der Waals surface area contributed by atoms with Crippen LogP contribution in [0.4, 0.5) is 20.2 Å². The minimum Gasteiger partial charge on any atom is -0.477 e. The lowest BCUT2D eigenvalue weighted by atomic mass is 10.00. The van der Waals surface area contributed by atoms with Crippen molar-refractivity contribution in [1.29, 1.82) is 0 Å². The molecule has 1 aromatic carbocycles.